The number of hydrogen-bond donors (Lipinski definition) is 1. The molecule has 2 unspecified atom stereocenters. The van der Waals surface area contributed by atoms with E-state index in [4.69, 9.17) is 4.74 Å². The topological polar surface area (TPSA) is 95.8 Å². The monoisotopic (exact) mass is 384 g/mol. The number of fused-ring (bicyclic) bond motifs is 1. The average Bonchev–Trinajstić information content (AvgIpc) is 3.36. The molecule has 1 saturated heterocycles. The summed E-state index contributed by atoms with van der Waals surface area (Å²) in [5, 5.41) is 2.88. The van der Waals surface area contributed by atoms with Crippen LogP contribution in [0.2, 0.25) is 0 Å². The van der Waals surface area contributed by atoms with E-state index in [1.54, 1.807) is 47.3 Å². The predicted octanol–water partition coefficient (Wildman–Crippen LogP) is 2.01. The van der Waals surface area contributed by atoms with Crippen LogP contribution in [0.4, 0.5) is 0 Å². The number of carbonyl (C=O) groups is 1. The summed E-state index contributed by atoms with van der Waals surface area (Å²) in [5.41, 5.74) is 2.91. The third-order valence-electron chi connectivity index (χ3n) is 4.73. The quantitative estimate of drug-likeness (QED) is 0.679. The van der Waals surface area contributed by atoms with E-state index in [0.29, 0.717) is 30.2 Å². The van der Waals surface area contributed by atoms with Gasteiger partial charge in [-0.3, -0.25) is 9.00 Å². The van der Waals surface area contributed by atoms with Gasteiger partial charge in [-0.15, -0.1) is 0 Å². The third-order valence-corrected chi connectivity index (χ3v) is 5.46. The van der Waals surface area contributed by atoms with Gasteiger partial charge in [0.2, 0.25) is 0 Å². The molecule has 27 heavy (non-hydrogen) atoms. The summed E-state index contributed by atoms with van der Waals surface area (Å²) < 4.78 is 30.2. The zero-order valence-electron chi connectivity index (χ0n) is 14.5. The van der Waals surface area contributed by atoms with Crippen molar-refractivity contribution in [3.8, 4) is 0 Å². The molecule has 7 nitrogen and oxygen atoms in total. The molecule has 140 valence electrons. The average molecular weight is 384 g/mol. The van der Waals surface area contributed by atoms with E-state index in [-0.39, 0.29) is 11.8 Å². The molecule has 3 heterocycles. The van der Waals surface area contributed by atoms with E-state index < -0.39 is 11.1 Å². The molecule has 1 fully saturated rings. The van der Waals surface area contributed by atoms with E-state index in [0.717, 1.165) is 23.2 Å². The molecule has 2 atom stereocenters. The van der Waals surface area contributed by atoms with E-state index in [9.17, 15) is 13.6 Å². The van der Waals surface area contributed by atoms with Gasteiger partial charge in [-0.05, 0) is 46.8 Å². The molecule has 0 bridgehead atoms. The second-order valence-electron chi connectivity index (χ2n) is 6.46. The third kappa shape index (κ3) is 3.78. The number of benzene rings is 1. The first-order chi connectivity index (χ1) is 13.1. The lowest BCUT2D eigenvalue weighted by atomic mass is 9.96. The van der Waals surface area contributed by atoms with Gasteiger partial charge in [0.1, 0.15) is 5.65 Å². The Balaban J connectivity index is 1.50. The number of nitrogens with one attached hydrogen (secondary N) is 1. The van der Waals surface area contributed by atoms with Crippen molar-refractivity contribution in [3.63, 3.8) is 0 Å². The van der Waals surface area contributed by atoms with Crippen molar-refractivity contribution in [2.24, 2.45) is 0 Å². The molecule has 0 saturated carbocycles. The summed E-state index contributed by atoms with van der Waals surface area (Å²) >= 11 is -2.30. The largest absolute Gasteiger partial charge is 0.768 e. The van der Waals surface area contributed by atoms with Gasteiger partial charge in [0.25, 0.3) is 5.91 Å². The number of pyridine rings is 1. The molecule has 2 aromatic heterocycles. The molecule has 0 spiro atoms. The Bertz CT molecular complexity index is 1010. The first kappa shape index (κ1) is 17.8. The van der Waals surface area contributed by atoms with Gasteiger partial charge in [-0.25, -0.2) is 4.98 Å². The van der Waals surface area contributed by atoms with Crippen LogP contribution < -0.4 is 5.32 Å². The van der Waals surface area contributed by atoms with E-state index >= 15 is 0 Å². The SMILES string of the molecule is O=C(NCc1ccc(S(=O)[O-])c(C2CCOC2)c1)c1ccc2nccn2c1. The Labute approximate surface area is 158 Å². The number of amides is 1. The Morgan fingerprint density at radius 3 is 3.04 bits per heavy atom. The van der Waals surface area contributed by atoms with Crippen molar-refractivity contribution in [2.75, 3.05) is 13.2 Å². The molecule has 4 rings (SSSR count). The van der Waals surface area contributed by atoms with Crippen molar-refractivity contribution in [1.82, 2.24) is 14.7 Å². The van der Waals surface area contributed by atoms with Crippen LogP contribution >= 0.6 is 0 Å². The summed E-state index contributed by atoms with van der Waals surface area (Å²) in [4.78, 5) is 16.9. The maximum Gasteiger partial charge on any atom is 0.253 e. The molecule has 8 heteroatoms. The number of aromatic nitrogens is 2. The standard InChI is InChI=1S/C19H19N3O4S/c23-19(14-2-4-18-20-6-7-22(18)11-14)21-10-13-1-3-17(27(24)25)16(9-13)15-5-8-26-12-15/h1-4,6-7,9,11,15H,5,8,10,12H2,(H,21,23)(H,24,25)/p-1. The summed E-state index contributed by atoms with van der Waals surface area (Å²) in [6.45, 7) is 1.46. The lowest BCUT2D eigenvalue weighted by molar-refractivity contribution is 0.0950. The van der Waals surface area contributed by atoms with Gasteiger partial charge >= 0.3 is 0 Å². The maximum atomic E-state index is 12.4. The second kappa shape index (κ2) is 7.59. The van der Waals surface area contributed by atoms with Crippen LogP contribution in [0.1, 0.15) is 33.8 Å². The highest BCUT2D eigenvalue weighted by molar-refractivity contribution is 7.79. The van der Waals surface area contributed by atoms with Gasteiger partial charge < -0.3 is 19.0 Å². The van der Waals surface area contributed by atoms with Crippen molar-refractivity contribution in [1.29, 1.82) is 0 Å². The smallest absolute Gasteiger partial charge is 0.253 e. The van der Waals surface area contributed by atoms with Gasteiger partial charge in [0.15, 0.2) is 0 Å². The lowest BCUT2D eigenvalue weighted by Crippen LogP contribution is -2.23. The van der Waals surface area contributed by atoms with Crippen LogP contribution in [-0.2, 0) is 22.4 Å². The van der Waals surface area contributed by atoms with Crippen LogP contribution in [0, 0.1) is 0 Å². The first-order valence-corrected chi connectivity index (χ1v) is 9.70. The highest BCUT2D eigenvalue weighted by Gasteiger charge is 2.21. The number of nitrogens with zero attached hydrogens (tertiary/aromatic N) is 2. The highest BCUT2D eigenvalue weighted by Crippen LogP contribution is 2.30. The van der Waals surface area contributed by atoms with Crippen molar-refractivity contribution >= 4 is 22.6 Å². The second-order valence-corrected chi connectivity index (χ2v) is 7.37. The Morgan fingerprint density at radius 1 is 1.37 bits per heavy atom. The Morgan fingerprint density at radius 2 is 2.26 bits per heavy atom. The van der Waals surface area contributed by atoms with Gasteiger partial charge in [0, 0.05) is 42.6 Å². The number of ether oxygens (including phenoxy) is 1. The van der Waals surface area contributed by atoms with Crippen molar-refractivity contribution in [2.45, 2.75) is 23.8 Å². The minimum absolute atomic E-state index is 0.0669. The number of carbonyl (C=O) groups excluding carboxylic acids is 1. The molecule has 1 amide bonds. The fraction of sp³-hybridized carbons (Fsp3) is 0.263. The van der Waals surface area contributed by atoms with Crippen LogP contribution in [0.3, 0.4) is 0 Å². The van der Waals surface area contributed by atoms with E-state index in [1.165, 1.54) is 0 Å². The molecule has 1 aliphatic heterocycles. The molecule has 0 radical (unpaired) electrons. The van der Waals surface area contributed by atoms with Gasteiger partial charge in [-0.1, -0.05) is 12.1 Å². The molecule has 0 aliphatic carbocycles. The van der Waals surface area contributed by atoms with E-state index in [1.807, 2.05) is 6.07 Å². The lowest BCUT2D eigenvalue weighted by Gasteiger charge is -2.18. The molecular formula is C19H18N3O4S-. The van der Waals surface area contributed by atoms with Gasteiger partial charge in [-0.2, -0.15) is 0 Å². The highest BCUT2D eigenvalue weighted by atomic mass is 32.2. The molecule has 1 aromatic carbocycles. The minimum Gasteiger partial charge on any atom is -0.768 e. The van der Waals surface area contributed by atoms with Crippen LogP contribution in [-0.4, -0.2) is 37.3 Å². The molecular weight excluding hydrogens is 366 g/mol. The predicted molar refractivity (Wildman–Crippen MR) is 98.2 cm³/mol. The minimum atomic E-state index is -2.30. The Hall–Kier alpha value is -2.55. The summed E-state index contributed by atoms with van der Waals surface area (Å²) in [6.07, 6.45) is 5.98. The zero-order valence-corrected chi connectivity index (χ0v) is 15.3. The van der Waals surface area contributed by atoms with E-state index in [2.05, 4.69) is 10.3 Å². The molecule has 1 N–H and O–H groups in total. The van der Waals surface area contributed by atoms with Crippen LogP contribution in [0.15, 0.2) is 53.8 Å². The summed E-state index contributed by atoms with van der Waals surface area (Å²) in [6, 6.07) is 8.68. The van der Waals surface area contributed by atoms with Crippen molar-refractivity contribution < 1.29 is 18.3 Å². The fourth-order valence-corrected chi connectivity index (χ4v) is 3.89. The summed E-state index contributed by atoms with van der Waals surface area (Å²) in [7, 11) is 0. The maximum absolute atomic E-state index is 12.4. The van der Waals surface area contributed by atoms with Crippen LogP contribution in [0.5, 0.6) is 0 Å². The number of rotatable bonds is 5. The Kier molecular flexibility index (Phi) is 5.02. The number of hydrogen-bond acceptors (Lipinski definition) is 5. The zero-order chi connectivity index (χ0) is 18.8. The van der Waals surface area contributed by atoms with Crippen LogP contribution in [0.25, 0.3) is 5.65 Å². The summed E-state index contributed by atoms with van der Waals surface area (Å²) in [5.74, 6) is -0.134. The molecule has 1 aliphatic rings. The first-order valence-electron chi connectivity index (χ1n) is 8.62. The van der Waals surface area contributed by atoms with Crippen molar-refractivity contribution in [3.05, 3.63) is 65.6 Å². The number of imidazole rings is 1. The fourth-order valence-electron chi connectivity index (χ4n) is 3.30. The molecule has 3 aromatic rings. The van der Waals surface area contributed by atoms with Gasteiger partial charge in [0.05, 0.1) is 12.2 Å². The normalized spacial score (nSPS) is 17.9.